The first kappa shape index (κ1) is 17.0. The number of carboxylic acid groups (broad SMARTS) is 1. The molecule has 3 rings (SSSR count). The van der Waals surface area contributed by atoms with Gasteiger partial charge in [-0.05, 0) is 45.3 Å². The van der Waals surface area contributed by atoms with Crippen LogP contribution in [0.4, 0.5) is 5.69 Å². The summed E-state index contributed by atoms with van der Waals surface area (Å²) in [5.74, 6) is -1.76. The average Bonchev–Trinajstić information content (AvgIpc) is 2.97. The molecule has 0 unspecified atom stereocenters. The molecule has 1 N–H and O–H groups in total. The van der Waals surface area contributed by atoms with Crippen molar-refractivity contribution in [2.24, 2.45) is 5.92 Å². The summed E-state index contributed by atoms with van der Waals surface area (Å²) in [6.45, 7) is 8.13. The van der Waals surface area contributed by atoms with Gasteiger partial charge in [0.25, 0.3) is 0 Å². The van der Waals surface area contributed by atoms with Gasteiger partial charge in [-0.2, -0.15) is 0 Å². The highest BCUT2D eigenvalue weighted by atomic mass is 16.7. The number of amides is 1. The van der Waals surface area contributed by atoms with E-state index in [9.17, 15) is 9.59 Å². The fourth-order valence-electron chi connectivity index (χ4n) is 2.94. The Morgan fingerprint density at radius 3 is 2.42 bits per heavy atom. The van der Waals surface area contributed by atoms with Crippen LogP contribution in [0.5, 0.6) is 0 Å². The lowest BCUT2D eigenvalue weighted by molar-refractivity contribution is -0.141. The van der Waals surface area contributed by atoms with Gasteiger partial charge in [0.1, 0.15) is 0 Å². The normalized spacial score (nSPS) is 25.3. The van der Waals surface area contributed by atoms with Gasteiger partial charge in [0.15, 0.2) is 0 Å². The molecule has 7 heteroatoms. The largest absolute Gasteiger partial charge is 0.494 e. The maximum absolute atomic E-state index is 12.1. The van der Waals surface area contributed by atoms with E-state index in [1.165, 1.54) is 4.90 Å². The first-order valence-corrected chi connectivity index (χ1v) is 8.09. The summed E-state index contributed by atoms with van der Waals surface area (Å²) < 4.78 is 12.1. The zero-order valence-electron chi connectivity index (χ0n) is 14.4. The highest BCUT2D eigenvalue weighted by molar-refractivity contribution is 6.62. The lowest BCUT2D eigenvalue weighted by Gasteiger charge is -2.32. The molecule has 2 aliphatic rings. The molecular weight excluding hydrogens is 309 g/mol. The van der Waals surface area contributed by atoms with Gasteiger partial charge in [0.2, 0.25) is 5.91 Å². The Bertz CT molecular complexity index is 671. The Morgan fingerprint density at radius 2 is 1.88 bits per heavy atom. The van der Waals surface area contributed by atoms with Crippen molar-refractivity contribution in [2.45, 2.75) is 45.3 Å². The van der Waals surface area contributed by atoms with E-state index in [4.69, 9.17) is 14.4 Å². The van der Waals surface area contributed by atoms with Crippen LogP contribution < -0.4 is 10.4 Å². The quantitative estimate of drug-likeness (QED) is 0.848. The number of anilines is 1. The standard InChI is InChI=1S/C17H22BNO5/c1-16(2)17(3,4)24-18(23-16)12-6-5-7-13(9-12)19-10-11(15(21)22)8-14(19)20/h5-7,9,11H,8,10H2,1-4H3,(H,21,22)/t11-/m0/s1. The minimum Gasteiger partial charge on any atom is -0.481 e. The fraction of sp³-hybridized carbons (Fsp3) is 0.529. The van der Waals surface area contributed by atoms with E-state index in [2.05, 4.69) is 0 Å². The number of rotatable bonds is 3. The van der Waals surface area contributed by atoms with Gasteiger partial charge in [-0.3, -0.25) is 9.59 Å². The van der Waals surface area contributed by atoms with Crippen LogP contribution in [-0.4, -0.2) is 41.8 Å². The van der Waals surface area contributed by atoms with E-state index in [1.54, 1.807) is 6.07 Å². The van der Waals surface area contributed by atoms with Crippen molar-refractivity contribution in [3.63, 3.8) is 0 Å². The van der Waals surface area contributed by atoms with E-state index in [-0.39, 0.29) is 18.9 Å². The zero-order chi connectivity index (χ0) is 17.7. The van der Waals surface area contributed by atoms with E-state index >= 15 is 0 Å². The van der Waals surface area contributed by atoms with Gasteiger partial charge >= 0.3 is 13.1 Å². The summed E-state index contributed by atoms with van der Waals surface area (Å²) in [5.41, 5.74) is 0.616. The van der Waals surface area contributed by atoms with Gasteiger partial charge in [-0.25, -0.2) is 0 Å². The van der Waals surface area contributed by atoms with Gasteiger partial charge in [-0.15, -0.1) is 0 Å². The SMILES string of the molecule is CC1(C)OB(c2cccc(N3C[C@@H](C(=O)O)CC3=O)c2)OC1(C)C. The number of aliphatic carboxylic acids is 1. The first-order chi connectivity index (χ1) is 11.1. The van der Waals surface area contributed by atoms with Crippen molar-refractivity contribution in [2.75, 3.05) is 11.4 Å². The maximum Gasteiger partial charge on any atom is 0.494 e. The van der Waals surface area contributed by atoms with Crippen LogP contribution in [0, 0.1) is 5.92 Å². The Balaban J connectivity index is 1.84. The Kier molecular flexibility index (Phi) is 3.96. The van der Waals surface area contributed by atoms with Gasteiger partial charge in [0.05, 0.1) is 17.1 Å². The van der Waals surface area contributed by atoms with E-state index in [0.29, 0.717) is 5.69 Å². The highest BCUT2D eigenvalue weighted by Crippen LogP contribution is 2.36. The number of benzene rings is 1. The molecular formula is C17H22BNO5. The molecule has 0 bridgehead atoms. The van der Waals surface area contributed by atoms with Crippen molar-refractivity contribution in [1.82, 2.24) is 0 Å². The van der Waals surface area contributed by atoms with Gasteiger partial charge < -0.3 is 19.3 Å². The van der Waals surface area contributed by atoms with Crippen LogP contribution in [0.3, 0.4) is 0 Å². The maximum atomic E-state index is 12.1. The third-order valence-electron chi connectivity index (χ3n) is 5.18. The molecule has 1 amide bonds. The monoisotopic (exact) mass is 331 g/mol. The minimum atomic E-state index is -0.937. The topological polar surface area (TPSA) is 76.1 Å². The second-order valence-electron chi connectivity index (χ2n) is 7.43. The molecule has 128 valence electrons. The third kappa shape index (κ3) is 2.82. The van der Waals surface area contributed by atoms with Crippen molar-refractivity contribution in [3.05, 3.63) is 24.3 Å². The van der Waals surface area contributed by atoms with E-state index in [0.717, 1.165) is 5.46 Å². The summed E-state index contributed by atoms with van der Waals surface area (Å²) in [6, 6.07) is 7.36. The van der Waals surface area contributed by atoms with Crippen LogP contribution >= 0.6 is 0 Å². The molecule has 0 saturated carbocycles. The number of carbonyl (C=O) groups excluding carboxylic acids is 1. The van der Waals surface area contributed by atoms with Crippen molar-refractivity contribution in [1.29, 1.82) is 0 Å². The van der Waals surface area contributed by atoms with Crippen LogP contribution in [0.1, 0.15) is 34.1 Å². The average molecular weight is 331 g/mol. The predicted octanol–water partition coefficient (Wildman–Crippen LogP) is 1.42. The molecule has 2 saturated heterocycles. The molecule has 0 spiro atoms. The van der Waals surface area contributed by atoms with Crippen LogP contribution in [0.25, 0.3) is 0 Å². The molecule has 0 aromatic heterocycles. The molecule has 1 atom stereocenters. The number of hydrogen-bond donors (Lipinski definition) is 1. The summed E-state index contributed by atoms with van der Waals surface area (Å²) >= 11 is 0. The molecule has 0 aliphatic carbocycles. The zero-order valence-corrected chi connectivity index (χ0v) is 14.4. The van der Waals surface area contributed by atoms with Crippen molar-refractivity contribution >= 4 is 30.1 Å². The molecule has 0 radical (unpaired) electrons. The lowest BCUT2D eigenvalue weighted by atomic mass is 9.79. The first-order valence-electron chi connectivity index (χ1n) is 8.09. The molecule has 24 heavy (non-hydrogen) atoms. The number of hydrogen-bond acceptors (Lipinski definition) is 4. The molecule has 2 heterocycles. The molecule has 6 nitrogen and oxygen atoms in total. The Morgan fingerprint density at radius 1 is 1.25 bits per heavy atom. The highest BCUT2D eigenvalue weighted by Gasteiger charge is 2.51. The van der Waals surface area contributed by atoms with E-state index < -0.39 is 30.2 Å². The smallest absolute Gasteiger partial charge is 0.481 e. The number of carboxylic acids is 1. The van der Waals surface area contributed by atoms with Crippen LogP contribution in [-0.2, 0) is 18.9 Å². The molecule has 2 fully saturated rings. The van der Waals surface area contributed by atoms with Crippen molar-refractivity contribution in [3.8, 4) is 0 Å². The van der Waals surface area contributed by atoms with Crippen LogP contribution in [0.15, 0.2) is 24.3 Å². The van der Waals surface area contributed by atoms with Crippen LogP contribution in [0.2, 0.25) is 0 Å². The summed E-state index contributed by atoms with van der Waals surface area (Å²) in [5, 5.41) is 9.12. The molecule has 1 aromatic rings. The molecule has 2 aliphatic heterocycles. The second kappa shape index (κ2) is 5.60. The van der Waals surface area contributed by atoms with Gasteiger partial charge in [-0.1, -0.05) is 12.1 Å². The summed E-state index contributed by atoms with van der Waals surface area (Å²) in [4.78, 5) is 24.8. The lowest BCUT2D eigenvalue weighted by Crippen LogP contribution is -2.41. The predicted molar refractivity (Wildman–Crippen MR) is 90.3 cm³/mol. The summed E-state index contributed by atoms with van der Waals surface area (Å²) in [7, 11) is -0.511. The van der Waals surface area contributed by atoms with Gasteiger partial charge in [0, 0.05) is 18.7 Å². The Hall–Kier alpha value is -1.86. The minimum absolute atomic E-state index is 0.0377. The van der Waals surface area contributed by atoms with E-state index in [1.807, 2.05) is 45.9 Å². The van der Waals surface area contributed by atoms with Crippen molar-refractivity contribution < 1.29 is 24.0 Å². The molecule has 1 aromatic carbocycles. The number of carbonyl (C=O) groups is 2. The second-order valence-corrected chi connectivity index (χ2v) is 7.43. The fourth-order valence-corrected chi connectivity index (χ4v) is 2.94. The third-order valence-corrected chi connectivity index (χ3v) is 5.18. The Labute approximate surface area is 141 Å². The summed E-state index contributed by atoms with van der Waals surface area (Å²) in [6.07, 6.45) is 0.0377. The number of nitrogens with zero attached hydrogens (tertiary/aromatic N) is 1.